The van der Waals surface area contributed by atoms with Gasteiger partial charge in [0, 0.05) is 10.6 Å². The van der Waals surface area contributed by atoms with Crippen LogP contribution in [0.25, 0.3) is 11.5 Å². The zero-order chi connectivity index (χ0) is 14.7. The van der Waals surface area contributed by atoms with Crippen LogP contribution in [0.4, 0.5) is 0 Å². The maximum atomic E-state index is 6.00. The van der Waals surface area contributed by atoms with E-state index in [1.54, 1.807) is 0 Å². The molecule has 1 atom stereocenters. The third-order valence-corrected chi connectivity index (χ3v) is 3.66. The van der Waals surface area contributed by atoms with Gasteiger partial charge in [-0.2, -0.15) is 0 Å². The van der Waals surface area contributed by atoms with E-state index in [9.17, 15) is 0 Å². The Hall–Kier alpha value is -2.13. The highest BCUT2D eigenvalue weighted by molar-refractivity contribution is 6.30. The summed E-state index contributed by atoms with van der Waals surface area (Å²) in [6, 6.07) is 17.6. The van der Waals surface area contributed by atoms with Crippen LogP contribution in [0, 0.1) is 0 Å². The van der Waals surface area contributed by atoms with Gasteiger partial charge in [0.15, 0.2) is 0 Å². The Labute approximate surface area is 128 Å². The van der Waals surface area contributed by atoms with Gasteiger partial charge in [-0.25, -0.2) is 0 Å². The van der Waals surface area contributed by atoms with Crippen molar-refractivity contribution in [1.82, 2.24) is 10.2 Å². The van der Waals surface area contributed by atoms with Crippen LogP contribution >= 0.6 is 11.6 Å². The second-order valence-electron chi connectivity index (χ2n) is 4.83. The Bertz CT molecular complexity index is 724. The van der Waals surface area contributed by atoms with Gasteiger partial charge in [-0.3, -0.25) is 0 Å². The number of nitrogens with zero attached hydrogens (tertiary/aromatic N) is 2. The zero-order valence-corrected chi connectivity index (χ0v) is 12.4. The minimum Gasteiger partial charge on any atom is -0.420 e. The normalized spacial score (nSPS) is 12.3. The highest BCUT2D eigenvalue weighted by atomic mass is 35.5. The third-order valence-electron chi connectivity index (χ3n) is 3.42. The first-order valence-electron chi connectivity index (χ1n) is 6.92. The second kappa shape index (κ2) is 6.10. The number of hydrogen-bond donors (Lipinski definition) is 0. The molecule has 3 aromatic rings. The number of halogens is 1. The fourth-order valence-corrected chi connectivity index (χ4v) is 2.54. The molecule has 106 valence electrons. The molecule has 0 saturated heterocycles. The van der Waals surface area contributed by atoms with Crippen LogP contribution in [-0.4, -0.2) is 10.2 Å². The minimum atomic E-state index is 0.117. The molecule has 0 aliphatic carbocycles. The molecule has 0 spiro atoms. The first kappa shape index (κ1) is 13.8. The van der Waals surface area contributed by atoms with Crippen LogP contribution in [0.1, 0.15) is 30.7 Å². The molecule has 0 radical (unpaired) electrons. The Morgan fingerprint density at radius 2 is 1.86 bits per heavy atom. The maximum Gasteiger partial charge on any atom is 0.247 e. The number of rotatable bonds is 4. The lowest BCUT2D eigenvalue weighted by molar-refractivity contribution is 0.474. The third kappa shape index (κ3) is 2.98. The molecule has 0 bridgehead atoms. The van der Waals surface area contributed by atoms with E-state index >= 15 is 0 Å². The van der Waals surface area contributed by atoms with Gasteiger partial charge in [0.25, 0.3) is 0 Å². The lowest BCUT2D eigenvalue weighted by Crippen LogP contribution is -1.99. The molecular weight excluding hydrogens is 284 g/mol. The van der Waals surface area contributed by atoms with Crippen molar-refractivity contribution in [3.63, 3.8) is 0 Å². The van der Waals surface area contributed by atoms with Crippen molar-refractivity contribution in [3.05, 3.63) is 71.1 Å². The van der Waals surface area contributed by atoms with Gasteiger partial charge < -0.3 is 4.42 Å². The van der Waals surface area contributed by atoms with E-state index < -0.39 is 0 Å². The van der Waals surface area contributed by atoms with Crippen LogP contribution in [0.3, 0.4) is 0 Å². The molecule has 0 fully saturated rings. The fraction of sp³-hybridized carbons (Fsp3) is 0.176. The van der Waals surface area contributed by atoms with E-state index in [4.69, 9.17) is 16.0 Å². The lowest BCUT2D eigenvalue weighted by atomic mass is 9.97. The highest BCUT2D eigenvalue weighted by Crippen LogP contribution is 2.29. The van der Waals surface area contributed by atoms with Crippen molar-refractivity contribution in [2.75, 3.05) is 0 Å². The quantitative estimate of drug-likeness (QED) is 0.685. The average Bonchev–Trinajstić information content (AvgIpc) is 2.99. The van der Waals surface area contributed by atoms with Gasteiger partial charge in [0.2, 0.25) is 11.8 Å². The average molecular weight is 299 g/mol. The topological polar surface area (TPSA) is 38.9 Å². The molecule has 21 heavy (non-hydrogen) atoms. The van der Waals surface area contributed by atoms with E-state index in [0.717, 1.165) is 12.0 Å². The van der Waals surface area contributed by atoms with Crippen LogP contribution < -0.4 is 0 Å². The van der Waals surface area contributed by atoms with Gasteiger partial charge in [0.1, 0.15) is 0 Å². The number of benzene rings is 2. The molecule has 1 aromatic heterocycles. The van der Waals surface area contributed by atoms with Crippen LogP contribution in [0.5, 0.6) is 0 Å². The molecule has 1 heterocycles. The smallest absolute Gasteiger partial charge is 0.247 e. The largest absolute Gasteiger partial charge is 0.420 e. The summed E-state index contributed by atoms with van der Waals surface area (Å²) >= 11 is 6.00. The van der Waals surface area contributed by atoms with E-state index in [1.165, 1.54) is 5.56 Å². The molecule has 3 rings (SSSR count). The summed E-state index contributed by atoms with van der Waals surface area (Å²) < 4.78 is 5.85. The monoisotopic (exact) mass is 298 g/mol. The number of aromatic nitrogens is 2. The molecule has 0 aliphatic heterocycles. The van der Waals surface area contributed by atoms with Gasteiger partial charge in [-0.15, -0.1) is 10.2 Å². The van der Waals surface area contributed by atoms with Crippen molar-refractivity contribution in [2.24, 2.45) is 0 Å². The van der Waals surface area contributed by atoms with Crippen LogP contribution in [0.2, 0.25) is 5.02 Å². The molecular formula is C17H15ClN2O. The minimum absolute atomic E-state index is 0.117. The maximum absolute atomic E-state index is 6.00. The van der Waals surface area contributed by atoms with E-state index in [-0.39, 0.29) is 5.92 Å². The molecule has 2 aromatic carbocycles. The Morgan fingerprint density at radius 3 is 2.57 bits per heavy atom. The van der Waals surface area contributed by atoms with Gasteiger partial charge in [0.05, 0.1) is 5.92 Å². The Balaban J connectivity index is 1.94. The standard InChI is InChI=1S/C17H15ClN2O/c1-2-15(12-7-4-3-5-8-12)17-20-19-16(21-17)13-9-6-10-14(18)11-13/h3-11,15H,2H2,1H3. The fourth-order valence-electron chi connectivity index (χ4n) is 2.35. The summed E-state index contributed by atoms with van der Waals surface area (Å²) in [4.78, 5) is 0. The Kier molecular flexibility index (Phi) is 4.02. The number of hydrogen-bond acceptors (Lipinski definition) is 3. The van der Waals surface area contributed by atoms with E-state index in [1.807, 2.05) is 42.5 Å². The molecule has 3 nitrogen and oxygen atoms in total. The van der Waals surface area contributed by atoms with Crippen molar-refractivity contribution >= 4 is 11.6 Å². The van der Waals surface area contributed by atoms with Crippen molar-refractivity contribution in [3.8, 4) is 11.5 Å². The summed E-state index contributed by atoms with van der Waals surface area (Å²) in [5.41, 5.74) is 2.02. The lowest BCUT2D eigenvalue weighted by Gasteiger charge is -2.10. The van der Waals surface area contributed by atoms with Crippen molar-refractivity contribution in [2.45, 2.75) is 19.3 Å². The summed E-state index contributed by atoms with van der Waals surface area (Å²) in [6.07, 6.45) is 0.904. The summed E-state index contributed by atoms with van der Waals surface area (Å²) in [5, 5.41) is 9.01. The first-order chi connectivity index (χ1) is 10.3. The second-order valence-corrected chi connectivity index (χ2v) is 5.26. The highest BCUT2D eigenvalue weighted by Gasteiger charge is 2.19. The Morgan fingerprint density at radius 1 is 1.05 bits per heavy atom. The molecule has 0 aliphatic rings. The summed E-state index contributed by atoms with van der Waals surface area (Å²) in [7, 11) is 0. The van der Waals surface area contributed by atoms with Crippen LogP contribution in [0.15, 0.2) is 59.0 Å². The van der Waals surface area contributed by atoms with Crippen LogP contribution in [-0.2, 0) is 0 Å². The van der Waals surface area contributed by atoms with Crippen molar-refractivity contribution < 1.29 is 4.42 Å². The first-order valence-corrected chi connectivity index (χ1v) is 7.30. The predicted molar refractivity (Wildman–Crippen MR) is 83.3 cm³/mol. The molecule has 4 heteroatoms. The summed E-state index contributed by atoms with van der Waals surface area (Å²) in [6.45, 7) is 2.11. The molecule has 1 unspecified atom stereocenters. The predicted octanol–water partition coefficient (Wildman–Crippen LogP) is 4.93. The molecule has 0 amide bonds. The molecule has 0 N–H and O–H groups in total. The van der Waals surface area contributed by atoms with E-state index in [0.29, 0.717) is 16.8 Å². The van der Waals surface area contributed by atoms with Gasteiger partial charge >= 0.3 is 0 Å². The molecule has 0 saturated carbocycles. The van der Waals surface area contributed by atoms with Gasteiger partial charge in [-0.05, 0) is 30.2 Å². The van der Waals surface area contributed by atoms with Crippen molar-refractivity contribution in [1.29, 1.82) is 0 Å². The van der Waals surface area contributed by atoms with E-state index in [2.05, 4.69) is 29.3 Å². The van der Waals surface area contributed by atoms with Gasteiger partial charge in [-0.1, -0.05) is 54.9 Å². The SMILES string of the molecule is CCC(c1ccccc1)c1nnc(-c2cccc(Cl)c2)o1. The summed E-state index contributed by atoms with van der Waals surface area (Å²) in [5.74, 6) is 1.26. The zero-order valence-electron chi connectivity index (χ0n) is 11.7.